The van der Waals surface area contributed by atoms with Crippen molar-refractivity contribution in [3.05, 3.63) is 29.8 Å². The molecule has 0 spiro atoms. The number of nitrogens with one attached hydrogen (secondary N) is 2. The Morgan fingerprint density at radius 3 is 2.52 bits per heavy atom. The average Bonchev–Trinajstić information content (AvgIpc) is 2.50. The molecule has 6 heteroatoms. The molecule has 0 aliphatic carbocycles. The minimum Gasteiger partial charge on any atom is -0.496 e. The van der Waals surface area contributed by atoms with E-state index in [1.807, 2.05) is 24.3 Å². The summed E-state index contributed by atoms with van der Waals surface area (Å²) in [6, 6.07) is 9.32. The highest BCUT2D eigenvalue weighted by atomic mass is 16.5. The van der Waals surface area contributed by atoms with Crippen molar-refractivity contribution >= 4 is 11.8 Å². The van der Waals surface area contributed by atoms with E-state index in [0.29, 0.717) is 25.9 Å². The van der Waals surface area contributed by atoms with Crippen molar-refractivity contribution in [1.29, 1.82) is 5.26 Å². The molecule has 0 heterocycles. The monoisotopic (exact) mass is 289 g/mol. The third-order valence-corrected chi connectivity index (χ3v) is 2.82. The van der Waals surface area contributed by atoms with Crippen molar-refractivity contribution in [1.82, 2.24) is 10.6 Å². The molecular formula is C15H19N3O3. The normalized spacial score (nSPS) is 9.52. The van der Waals surface area contributed by atoms with Crippen LogP contribution in [0.4, 0.5) is 0 Å². The number of methoxy groups -OCH3 is 1. The Bertz CT molecular complexity index is 523. The molecule has 0 saturated carbocycles. The van der Waals surface area contributed by atoms with Gasteiger partial charge in [-0.1, -0.05) is 18.2 Å². The largest absolute Gasteiger partial charge is 0.496 e. The summed E-state index contributed by atoms with van der Waals surface area (Å²) < 4.78 is 5.22. The summed E-state index contributed by atoms with van der Waals surface area (Å²) in [6.07, 6.45) is 0.783. The first-order valence-corrected chi connectivity index (χ1v) is 6.69. The van der Waals surface area contributed by atoms with Gasteiger partial charge >= 0.3 is 0 Å². The van der Waals surface area contributed by atoms with Gasteiger partial charge in [-0.3, -0.25) is 9.59 Å². The van der Waals surface area contributed by atoms with Crippen LogP contribution in [0, 0.1) is 11.3 Å². The molecule has 0 aliphatic heterocycles. The average molecular weight is 289 g/mol. The number of nitriles is 1. The first-order chi connectivity index (χ1) is 10.2. The van der Waals surface area contributed by atoms with Crippen LogP contribution in [0.15, 0.2) is 24.3 Å². The number of hydrogen-bond acceptors (Lipinski definition) is 4. The Kier molecular flexibility index (Phi) is 7.36. The van der Waals surface area contributed by atoms with Crippen LogP contribution >= 0.6 is 0 Å². The molecule has 0 aromatic heterocycles. The number of hydrogen-bond donors (Lipinski definition) is 2. The summed E-state index contributed by atoms with van der Waals surface area (Å²) >= 11 is 0. The Morgan fingerprint density at radius 2 is 1.86 bits per heavy atom. The molecule has 1 rings (SSSR count). The highest BCUT2D eigenvalue weighted by Gasteiger charge is 2.06. The summed E-state index contributed by atoms with van der Waals surface area (Å²) in [6.45, 7) is 0.669. The zero-order chi connectivity index (χ0) is 15.5. The van der Waals surface area contributed by atoms with E-state index >= 15 is 0 Å². The number of benzene rings is 1. The lowest BCUT2D eigenvalue weighted by Gasteiger charge is -2.08. The smallest absolute Gasteiger partial charge is 0.234 e. The quantitative estimate of drug-likeness (QED) is 0.692. The lowest BCUT2D eigenvalue weighted by molar-refractivity contribution is -0.122. The molecule has 0 bridgehead atoms. The van der Waals surface area contributed by atoms with E-state index in [9.17, 15) is 9.59 Å². The Hall–Kier alpha value is -2.55. The molecule has 0 fully saturated rings. The number of nitrogens with zero attached hydrogens (tertiary/aromatic N) is 1. The van der Waals surface area contributed by atoms with Gasteiger partial charge < -0.3 is 15.4 Å². The summed E-state index contributed by atoms with van der Waals surface area (Å²) in [5, 5.41) is 13.6. The minimum atomic E-state index is -0.333. The second-order valence-electron chi connectivity index (χ2n) is 4.35. The molecule has 6 nitrogen and oxygen atoms in total. The maximum atomic E-state index is 11.7. The second kappa shape index (κ2) is 9.37. The van der Waals surface area contributed by atoms with Gasteiger partial charge in [0, 0.05) is 19.5 Å². The molecule has 2 N–H and O–H groups in total. The van der Waals surface area contributed by atoms with Gasteiger partial charge in [-0.15, -0.1) is 0 Å². The molecule has 0 unspecified atom stereocenters. The summed E-state index contributed by atoms with van der Waals surface area (Å²) in [4.78, 5) is 22.7. The van der Waals surface area contributed by atoms with E-state index < -0.39 is 0 Å². The Morgan fingerprint density at radius 1 is 1.19 bits per heavy atom. The predicted molar refractivity (Wildman–Crippen MR) is 77.6 cm³/mol. The maximum absolute atomic E-state index is 11.7. The van der Waals surface area contributed by atoms with Gasteiger partial charge in [-0.05, 0) is 18.1 Å². The Labute approximate surface area is 124 Å². The summed E-state index contributed by atoms with van der Waals surface area (Å²) in [7, 11) is 1.60. The SMILES string of the molecule is COc1ccccc1CCC(=O)NCCNC(=O)CC#N. The maximum Gasteiger partial charge on any atom is 0.234 e. The van der Waals surface area contributed by atoms with Gasteiger partial charge in [0.05, 0.1) is 13.2 Å². The molecule has 0 saturated heterocycles. The first-order valence-electron chi connectivity index (χ1n) is 6.69. The van der Waals surface area contributed by atoms with Crippen LogP contribution in [-0.2, 0) is 16.0 Å². The van der Waals surface area contributed by atoms with Gasteiger partial charge in [-0.25, -0.2) is 0 Å². The van der Waals surface area contributed by atoms with Crippen molar-refractivity contribution in [2.45, 2.75) is 19.3 Å². The molecule has 0 aliphatic rings. The third-order valence-electron chi connectivity index (χ3n) is 2.82. The molecule has 2 amide bonds. The van der Waals surface area contributed by atoms with E-state index in [2.05, 4.69) is 10.6 Å². The number of rotatable bonds is 8. The first kappa shape index (κ1) is 16.5. The molecular weight excluding hydrogens is 270 g/mol. The molecule has 0 radical (unpaired) electrons. The van der Waals surface area contributed by atoms with Crippen molar-refractivity contribution in [2.75, 3.05) is 20.2 Å². The number of para-hydroxylation sites is 1. The van der Waals surface area contributed by atoms with E-state index in [1.54, 1.807) is 13.2 Å². The third kappa shape index (κ3) is 6.43. The van der Waals surface area contributed by atoms with Crippen LogP contribution in [0.1, 0.15) is 18.4 Å². The lowest BCUT2D eigenvalue weighted by atomic mass is 10.1. The number of amides is 2. The topological polar surface area (TPSA) is 91.2 Å². The van der Waals surface area contributed by atoms with Crippen LogP contribution in [0.5, 0.6) is 5.75 Å². The molecule has 21 heavy (non-hydrogen) atoms. The van der Waals surface area contributed by atoms with Crippen molar-refractivity contribution in [2.24, 2.45) is 0 Å². The van der Waals surface area contributed by atoms with Crippen LogP contribution in [-0.4, -0.2) is 32.0 Å². The van der Waals surface area contributed by atoms with Gasteiger partial charge in [0.25, 0.3) is 0 Å². The zero-order valence-electron chi connectivity index (χ0n) is 12.0. The predicted octanol–water partition coefficient (Wildman–Crippen LogP) is 0.774. The van der Waals surface area contributed by atoms with Crippen LogP contribution < -0.4 is 15.4 Å². The highest BCUT2D eigenvalue weighted by Crippen LogP contribution is 2.18. The molecule has 112 valence electrons. The van der Waals surface area contributed by atoms with Crippen molar-refractivity contribution in [3.63, 3.8) is 0 Å². The van der Waals surface area contributed by atoms with Gasteiger partial charge in [0.1, 0.15) is 12.2 Å². The van der Waals surface area contributed by atoms with E-state index in [-0.39, 0.29) is 18.2 Å². The van der Waals surface area contributed by atoms with Crippen LogP contribution in [0.3, 0.4) is 0 Å². The van der Waals surface area contributed by atoms with Crippen LogP contribution in [0.2, 0.25) is 0 Å². The number of ether oxygens (including phenoxy) is 1. The molecule has 1 aromatic carbocycles. The van der Waals surface area contributed by atoms with Gasteiger partial charge in [0.15, 0.2) is 0 Å². The van der Waals surface area contributed by atoms with Gasteiger partial charge in [-0.2, -0.15) is 5.26 Å². The number of carbonyl (C=O) groups excluding carboxylic acids is 2. The minimum absolute atomic E-state index is 0.0876. The fourth-order valence-electron chi connectivity index (χ4n) is 1.78. The van der Waals surface area contributed by atoms with Crippen molar-refractivity contribution < 1.29 is 14.3 Å². The lowest BCUT2D eigenvalue weighted by Crippen LogP contribution is -2.34. The highest BCUT2D eigenvalue weighted by molar-refractivity contribution is 5.78. The van der Waals surface area contributed by atoms with E-state index in [0.717, 1.165) is 11.3 Å². The standard InChI is InChI=1S/C15H19N3O3/c1-21-13-5-3-2-4-12(13)6-7-14(19)17-10-11-18-15(20)8-9-16/h2-5H,6-8,10-11H2,1H3,(H,17,19)(H,18,20). The number of carbonyl (C=O) groups is 2. The fraction of sp³-hybridized carbons (Fsp3) is 0.400. The van der Waals surface area contributed by atoms with Crippen LogP contribution in [0.25, 0.3) is 0 Å². The summed E-state index contributed by atoms with van der Waals surface area (Å²) in [5.41, 5.74) is 0.984. The Balaban J connectivity index is 2.23. The van der Waals surface area contributed by atoms with Crippen molar-refractivity contribution in [3.8, 4) is 11.8 Å². The molecule has 0 atom stereocenters. The second-order valence-corrected chi connectivity index (χ2v) is 4.35. The summed E-state index contributed by atoms with van der Waals surface area (Å²) in [5.74, 6) is 0.352. The van der Waals surface area contributed by atoms with Gasteiger partial charge in [0.2, 0.25) is 11.8 Å². The number of aryl methyl sites for hydroxylation is 1. The van der Waals surface area contributed by atoms with E-state index in [1.165, 1.54) is 0 Å². The zero-order valence-corrected chi connectivity index (χ0v) is 12.0. The molecule has 1 aromatic rings. The fourth-order valence-corrected chi connectivity index (χ4v) is 1.78. The van der Waals surface area contributed by atoms with E-state index in [4.69, 9.17) is 10.00 Å².